The lowest BCUT2D eigenvalue weighted by atomic mass is 10.2. The van der Waals surface area contributed by atoms with Crippen molar-refractivity contribution < 1.29 is 0 Å². The second kappa shape index (κ2) is 2.88. The number of nitrogens with two attached hydrogens (primary N) is 1. The van der Waals surface area contributed by atoms with Crippen LogP contribution in [0.1, 0.15) is 12.5 Å². The molecule has 0 aromatic carbocycles. The molecule has 1 aromatic rings. The maximum Gasteiger partial charge on any atom is 0.0659 e. The van der Waals surface area contributed by atoms with Gasteiger partial charge in [0.25, 0.3) is 0 Å². The van der Waals surface area contributed by atoms with Gasteiger partial charge < -0.3 is 5.73 Å². The summed E-state index contributed by atoms with van der Waals surface area (Å²) in [5.41, 5.74) is 7.02. The molecule has 10 heavy (non-hydrogen) atoms. The lowest BCUT2D eigenvalue weighted by molar-refractivity contribution is 1.32. The van der Waals surface area contributed by atoms with E-state index in [-0.39, 0.29) is 0 Å². The molecule has 0 aliphatic carbocycles. The quantitative estimate of drug-likeness (QED) is 0.535. The molecule has 0 amide bonds. The van der Waals surface area contributed by atoms with E-state index in [0.717, 1.165) is 5.56 Å². The van der Waals surface area contributed by atoms with Crippen LogP contribution in [0.4, 0.5) is 5.69 Å². The summed E-state index contributed by atoms with van der Waals surface area (Å²) in [5, 5.41) is 0. The second-order valence-corrected chi connectivity index (χ2v) is 1.84. The molecule has 1 heterocycles. The highest BCUT2D eigenvalue weighted by Gasteiger charge is 1.90. The molecule has 0 spiro atoms. The summed E-state index contributed by atoms with van der Waals surface area (Å²) in [4.78, 5) is 3.83. The molecule has 2 N–H and O–H groups in total. The van der Waals surface area contributed by atoms with Gasteiger partial charge in [0.05, 0.1) is 17.4 Å². The van der Waals surface area contributed by atoms with Crippen molar-refractivity contribution >= 4 is 5.69 Å². The van der Waals surface area contributed by atoms with Crippen LogP contribution in [0.25, 0.3) is 0 Å². The van der Waals surface area contributed by atoms with Crippen LogP contribution in [0.2, 0.25) is 0 Å². The number of hydrogen-bond acceptors (Lipinski definition) is 2. The van der Waals surface area contributed by atoms with E-state index in [2.05, 4.69) is 16.8 Å². The molecule has 0 atom stereocenters. The van der Waals surface area contributed by atoms with Crippen molar-refractivity contribution in [3.63, 3.8) is 0 Å². The Hall–Kier alpha value is -1.49. The van der Waals surface area contributed by atoms with E-state index in [1.165, 1.54) is 0 Å². The van der Waals surface area contributed by atoms with Crippen molar-refractivity contribution in [1.82, 2.24) is 4.98 Å². The summed E-state index contributed by atoms with van der Waals surface area (Å²) in [5.74, 6) is 5.63. The van der Waals surface area contributed by atoms with Gasteiger partial charge in [0, 0.05) is 6.20 Å². The Bertz CT molecular complexity index is 281. The van der Waals surface area contributed by atoms with Gasteiger partial charge in [0.1, 0.15) is 0 Å². The maximum absolute atomic E-state index is 5.54. The summed E-state index contributed by atoms with van der Waals surface area (Å²) in [6.45, 7) is 1.78. The van der Waals surface area contributed by atoms with Crippen LogP contribution in [0.5, 0.6) is 0 Å². The summed E-state index contributed by atoms with van der Waals surface area (Å²) < 4.78 is 0. The Morgan fingerprint density at radius 3 is 3.00 bits per heavy atom. The molecule has 0 aliphatic rings. The predicted molar refractivity (Wildman–Crippen MR) is 41.2 cm³/mol. The molecule has 0 fully saturated rings. The van der Waals surface area contributed by atoms with Crippen LogP contribution in [0.15, 0.2) is 18.5 Å². The third-order valence-corrected chi connectivity index (χ3v) is 1.11. The highest BCUT2D eigenvalue weighted by atomic mass is 14.7. The fourth-order valence-electron chi connectivity index (χ4n) is 0.655. The van der Waals surface area contributed by atoms with Crippen LogP contribution < -0.4 is 5.73 Å². The third kappa shape index (κ3) is 1.26. The molecular weight excluding hydrogens is 124 g/mol. The first-order chi connectivity index (χ1) is 4.84. The van der Waals surface area contributed by atoms with Crippen LogP contribution >= 0.6 is 0 Å². The minimum atomic E-state index is 0.636. The Balaban J connectivity index is 3.11. The average Bonchev–Trinajstić information content (AvgIpc) is 1.94. The monoisotopic (exact) mass is 132 g/mol. The molecule has 2 nitrogen and oxygen atoms in total. The van der Waals surface area contributed by atoms with Gasteiger partial charge in [-0.2, -0.15) is 0 Å². The fourth-order valence-corrected chi connectivity index (χ4v) is 0.655. The van der Waals surface area contributed by atoms with Gasteiger partial charge >= 0.3 is 0 Å². The molecule has 1 rings (SSSR count). The minimum absolute atomic E-state index is 0.636. The summed E-state index contributed by atoms with van der Waals surface area (Å²) in [7, 11) is 0. The summed E-state index contributed by atoms with van der Waals surface area (Å²) in [6, 6.07) is 1.80. The number of pyridine rings is 1. The summed E-state index contributed by atoms with van der Waals surface area (Å²) in [6.07, 6.45) is 3.27. The molecule has 2 heteroatoms. The smallest absolute Gasteiger partial charge is 0.0659 e. The van der Waals surface area contributed by atoms with Crippen LogP contribution in [0.3, 0.4) is 0 Å². The van der Waals surface area contributed by atoms with E-state index in [4.69, 9.17) is 5.73 Å². The second-order valence-electron chi connectivity index (χ2n) is 1.84. The van der Waals surface area contributed by atoms with Gasteiger partial charge in [-0.15, -0.1) is 5.92 Å². The highest BCUT2D eigenvalue weighted by Crippen LogP contribution is 2.05. The van der Waals surface area contributed by atoms with Crippen molar-refractivity contribution in [3.8, 4) is 11.8 Å². The molecule has 0 saturated heterocycles. The lowest BCUT2D eigenvalue weighted by Crippen LogP contribution is -1.89. The third-order valence-electron chi connectivity index (χ3n) is 1.11. The van der Waals surface area contributed by atoms with Gasteiger partial charge in [-0.25, -0.2) is 0 Å². The maximum atomic E-state index is 5.54. The Morgan fingerprint density at radius 2 is 2.40 bits per heavy atom. The van der Waals surface area contributed by atoms with Crippen molar-refractivity contribution in [2.75, 3.05) is 5.73 Å². The molecule has 0 bridgehead atoms. The van der Waals surface area contributed by atoms with Crippen molar-refractivity contribution in [2.24, 2.45) is 0 Å². The van der Waals surface area contributed by atoms with Crippen molar-refractivity contribution in [2.45, 2.75) is 6.92 Å². The van der Waals surface area contributed by atoms with Crippen LogP contribution in [-0.4, -0.2) is 4.98 Å². The molecule has 1 aromatic heterocycles. The van der Waals surface area contributed by atoms with E-state index >= 15 is 0 Å². The van der Waals surface area contributed by atoms with Crippen molar-refractivity contribution in [3.05, 3.63) is 24.0 Å². The molecule has 50 valence electrons. The zero-order valence-electron chi connectivity index (χ0n) is 5.76. The number of nitrogen functional groups attached to an aromatic ring is 1. The Labute approximate surface area is 60.1 Å². The fraction of sp³-hybridized carbons (Fsp3) is 0.125. The largest absolute Gasteiger partial charge is 0.396 e. The highest BCUT2D eigenvalue weighted by molar-refractivity contribution is 5.53. The van der Waals surface area contributed by atoms with Gasteiger partial charge in [-0.1, -0.05) is 5.92 Å². The van der Waals surface area contributed by atoms with Crippen LogP contribution in [-0.2, 0) is 0 Å². The summed E-state index contributed by atoms with van der Waals surface area (Å²) >= 11 is 0. The van der Waals surface area contributed by atoms with Gasteiger partial charge in [-0.05, 0) is 13.0 Å². The molecular formula is C8H8N2. The predicted octanol–water partition coefficient (Wildman–Crippen LogP) is 1.04. The minimum Gasteiger partial charge on any atom is -0.396 e. The van der Waals surface area contributed by atoms with E-state index in [1.807, 2.05) is 0 Å². The van der Waals surface area contributed by atoms with Crippen molar-refractivity contribution in [1.29, 1.82) is 0 Å². The van der Waals surface area contributed by atoms with Crippen LogP contribution in [0, 0.1) is 11.8 Å². The number of aromatic nitrogens is 1. The molecule has 0 unspecified atom stereocenters. The van der Waals surface area contributed by atoms with E-state index in [0.29, 0.717) is 5.69 Å². The number of anilines is 1. The number of nitrogens with zero attached hydrogens (tertiary/aromatic N) is 1. The zero-order chi connectivity index (χ0) is 7.40. The first-order valence-electron chi connectivity index (χ1n) is 2.97. The number of hydrogen-bond donors (Lipinski definition) is 1. The van der Waals surface area contributed by atoms with E-state index in [1.54, 1.807) is 25.4 Å². The van der Waals surface area contributed by atoms with Gasteiger partial charge in [0.15, 0.2) is 0 Å². The normalized spacial score (nSPS) is 8.10. The Morgan fingerprint density at radius 1 is 1.60 bits per heavy atom. The van der Waals surface area contributed by atoms with Gasteiger partial charge in [0.2, 0.25) is 0 Å². The molecule has 0 saturated carbocycles. The zero-order valence-corrected chi connectivity index (χ0v) is 5.76. The average molecular weight is 132 g/mol. The first-order valence-corrected chi connectivity index (χ1v) is 2.97. The molecule has 0 aliphatic heterocycles. The van der Waals surface area contributed by atoms with E-state index < -0.39 is 0 Å². The SMILES string of the molecule is CC#Cc1ccncc1N. The number of rotatable bonds is 0. The standard InChI is InChI=1S/C8H8N2/c1-2-3-7-4-5-10-6-8(7)9/h4-6H,9H2,1H3. The topological polar surface area (TPSA) is 38.9 Å². The van der Waals surface area contributed by atoms with E-state index in [9.17, 15) is 0 Å². The van der Waals surface area contributed by atoms with Gasteiger partial charge in [-0.3, -0.25) is 4.98 Å². The lowest BCUT2D eigenvalue weighted by Gasteiger charge is -1.92. The Kier molecular flexibility index (Phi) is 1.91. The molecule has 0 radical (unpaired) electrons. The first kappa shape index (κ1) is 6.63.